The normalized spacial score (nSPS) is 13.5. The second-order valence-corrected chi connectivity index (χ2v) is 9.00. The molecule has 0 radical (unpaired) electrons. The van der Waals surface area contributed by atoms with Gasteiger partial charge in [-0.15, -0.1) is 11.3 Å². The van der Waals surface area contributed by atoms with Crippen molar-refractivity contribution in [2.75, 3.05) is 16.8 Å². The standard InChI is InChI=1S/C25H24N2O3S/c1-15-7-4-5-8-20(15)23(29)26-19-12-10-18(11-13-19)24(30)27-14-6-9-21(28)22-16(2)17(3)31-25(22)27/h4-5,7-8,10-13H,6,9,14H2,1-3H3,(H,26,29). The number of ketones is 1. The maximum Gasteiger partial charge on any atom is 0.258 e. The summed E-state index contributed by atoms with van der Waals surface area (Å²) in [5.74, 6) is -0.201. The molecule has 6 heteroatoms. The lowest BCUT2D eigenvalue weighted by molar-refractivity contribution is 0.0973. The van der Waals surface area contributed by atoms with E-state index < -0.39 is 0 Å². The number of carbonyl (C=O) groups excluding carboxylic acids is 3. The minimum absolute atomic E-state index is 0.112. The first-order valence-electron chi connectivity index (χ1n) is 10.3. The zero-order valence-corrected chi connectivity index (χ0v) is 18.6. The van der Waals surface area contributed by atoms with E-state index in [0.29, 0.717) is 41.8 Å². The van der Waals surface area contributed by atoms with Gasteiger partial charge < -0.3 is 5.32 Å². The van der Waals surface area contributed by atoms with Crippen molar-refractivity contribution in [3.8, 4) is 0 Å². The molecular weight excluding hydrogens is 408 g/mol. The number of nitrogens with one attached hydrogen (secondary N) is 1. The van der Waals surface area contributed by atoms with E-state index in [1.807, 2.05) is 39.0 Å². The topological polar surface area (TPSA) is 66.5 Å². The second-order valence-electron chi connectivity index (χ2n) is 7.79. The summed E-state index contributed by atoms with van der Waals surface area (Å²) in [6, 6.07) is 14.3. The van der Waals surface area contributed by atoms with Crippen molar-refractivity contribution >= 4 is 39.6 Å². The third-order valence-corrected chi connectivity index (χ3v) is 6.93. The van der Waals surface area contributed by atoms with E-state index in [4.69, 9.17) is 0 Å². The van der Waals surface area contributed by atoms with Crippen molar-refractivity contribution in [1.82, 2.24) is 0 Å². The Hall–Kier alpha value is -3.25. The van der Waals surface area contributed by atoms with Crippen molar-refractivity contribution in [3.05, 3.63) is 81.2 Å². The molecule has 5 nitrogen and oxygen atoms in total. The molecule has 1 aliphatic heterocycles. The van der Waals surface area contributed by atoms with Gasteiger partial charge in [0, 0.05) is 34.7 Å². The van der Waals surface area contributed by atoms with Crippen LogP contribution in [0.3, 0.4) is 0 Å². The second kappa shape index (κ2) is 8.47. The molecule has 0 unspecified atom stereocenters. The summed E-state index contributed by atoms with van der Waals surface area (Å²) in [5.41, 5.74) is 4.33. The van der Waals surface area contributed by atoms with Gasteiger partial charge in [-0.25, -0.2) is 0 Å². The Balaban J connectivity index is 1.56. The fraction of sp³-hybridized carbons (Fsp3) is 0.240. The molecule has 0 bridgehead atoms. The monoisotopic (exact) mass is 432 g/mol. The lowest BCUT2D eigenvalue weighted by atomic mass is 10.1. The Morgan fingerprint density at radius 3 is 2.42 bits per heavy atom. The highest BCUT2D eigenvalue weighted by Crippen LogP contribution is 2.39. The highest BCUT2D eigenvalue weighted by atomic mass is 32.1. The molecule has 0 atom stereocenters. The predicted molar refractivity (Wildman–Crippen MR) is 125 cm³/mol. The van der Waals surface area contributed by atoms with Crippen LogP contribution in [-0.4, -0.2) is 24.1 Å². The van der Waals surface area contributed by atoms with Crippen LogP contribution in [0.4, 0.5) is 10.7 Å². The Bertz CT molecular complexity index is 1180. The zero-order chi connectivity index (χ0) is 22.1. The molecule has 1 N–H and O–H groups in total. The molecule has 2 heterocycles. The van der Waals surface area contributed by atoms with Crippen molar-refractivity contribution in [2.45, 2.75) is 33.6 Å². The van der Waals surface area contributed by atoms with E-state index in [-0.39, 0.29) is 17.6 Å². The summed E-state index contributed by atoms with van der Waals surface area (Å²) in [6.07, 6.45) is 1.10. The van der Waals surface area contributed by atoms with Crippen LogP contribution in [0.2, 0.25) is 0 Å². The number of hydrogen-bond acceptors (Lipinski definition) is 4. The number of Topliss-reactive ketones (excluding diaryl/α,β-unsaturated/α-hetero) is 1. The van der Waals surface area contributed by atoms with Gasteiger partial charge in [-0.3, -0.25) is 19.3 Å². The molecule has 1 aliphatic rings. The van der Waals surface area contributed by atoms with E-state index in [9.17, 15) is 14.4 Å². The zero-order valence-electron chi connectivity index (χ0n) is 17.8. The maximum absolute atomic E-state index is 13.3. The minimum Gasteiger partial charge on any atom is -0.322 e. The summed E-state index contributed by atoms with van der Waals surface area (Å²) in [6.45, 7) is 6.34. The van der Waals surface area contributed by atoms with E-state index in [1.165, 1.54) is 11.3 Å². The summed E-state index contributed by atoms with van der Waals surface area (Å²) in [4.78, 5) is 41.2. The number of anilines is 2. The van der Waals surface area contributed by atoms with Crippen LogP contribution in [0.25, 0.3) is 0 Å². The first kappa shape index (κ1) is 21.0. The molecule has 158 valence electrons. The Morgan fingerprint density at radius 2 is 1.71 bits per heavy atom. The predicted octanol–water partition coefficient (Wildman–Crippen LogP) is 5.55. The third kappa shape index (κ3) is 4.03. The molecule has 31 heavy (non-hydrogen) atoms. The van der Waals surface area contributed by atoms with E-state index >= 15 is 0 Å². The van der Waals surface area contributed by atoms with Gasteiger partial charge in [0.05, 0.1) is 5.56 Å². The first-order valence-corrected chi connectivity index (χ1v) is 11.1. The fourth-order valence-corrected chi connectivity index (χ4v) is 5.02. The average Bonchev–Trinajstić information content (AvgIpc) is 2.95. The third-order valence-electron chi connectivity index (χ3n) is 5.70. The van der Waals surface area contributed by atoms with Crippen LogP contribution in [0.5, 0.6) is 0 Å². The number of aryl methyl sites for hydroxylation is 2. The lowest BCUT2D eigenvalue weighted by Gasteiger charge is -2.20. The number of rotatable bonds is 3. The van der Waals surface area contributed by atoms with Crippen LogP contribution >= 0.6 is 11.3 Å². The quantitative estimate of drug-likeness (QED) is 0.590. The molecule has 4 rings (SSSR count). The summed E-state index contributed by atoms with van der Waals surface area (Å²) in [7, 11) is 0. The minimum atomic E-state index is -0.183. The lowest BCUT2D eigenvalue weighted by Crippen LogP contribution is -2.31. The molecule has 2 aromatic carbocycles. The molecule has 0 saturated heterocycles. The molecule has 0 spiro atoms. The molecule has 0 fully saturated rings. The fourth-order valence-electron chi connectivity index (χ4n) is 3.82. The van der Waals surface area contributed by atoms with Crippen molar-refractivity contribution in [3.63, 3.8) is 0 Å². The van der Waals surface area contributed by atoms with Crippen LogP contribution in [0.1, 0.15) is 59.9 Å². The molecular formula is C25H24N2O3S. The first-order chi connectivity index (χ1) is 14.9. The number of fused-ring (bicyclic) bond motifs is 1. The van der Waals surface area contributed by atoms with Gasteiger partial charge in [0.15, 0.2) is 5.78 Å². The highest BCUT2D eigenvalue weighted by Gasteiger charge is 2.30. The van der Waals surface area contributed by atoms with Gasteiger partial charge in [0.2, 0.25) is 0 Å². The highest BCUT2D eigenvalue weighted by molar-refractivity contribution is 7.17. The van der Waals surface area contributed by atoms with Crippen LogP contribution in [0, 0.1) is 20.8 Å². The SMILES string of the molecule is Cc1ccccc1C(=O)Nc1ccc(C(=O)N2CCCC(=O)c3c2sc(C)c3C)cc1. The number of hydrogen-bond donors (Lipinski definition) is 1. The number of amides is 2. The Kier molecular flexibility index (Phi) is 5.74. The smallest absolute Gasteiger partial charge is 0.258 e. The molecule has 3 aromatic rings. The largest absolute Gasteiger partial charge is 0.322 e. The van der Waals surface area contributed by atoms with Gasteiger partial charge in [-0.1, -0.05) is 18.2 Å². The van der Waals surface area contributed by atoms with Gasteiger partial charge in [0.1, 0.15) is 5.00 Å². The van der Waals surface area contributed by atoms with Crippen LogP contribution in [-0.2, 0) is 0 Å². The van der Waals surface area contributed by atoms with Crippen LogP contribution < -0.4 is 10.2 Å². The molecule has 1 aromatic heterocycles. The van der Waals surface area contributed by atoms with Gasteiger partial charge in [-0.05, 0) is 68.7 Å². The molecule has 0 aliphatic carbocycles. The average molecular weight is 433 g/mol. The Morgan fingerprint density at radius 1 is 1.00 bits per heavy atom. The van der Waals surface area contributed by atoms with Gasteiger partial charge in [-0.2, -0.15) is 0 Å². The Labute approximate surface area is 185 Å². The van der Waals surface area contributed by atoms with Crippen molar-refractivity contribution in [1.29, 1.82) is 0 Å². The van der Waals surface area contributed by atoms with Crippen molar-refractivity contribution in [2.24, 2.45) is 0 Å². The number of benzene rings is 2. The van der Waals surface area contributed by atoms with Crippen molar-refractivity contribution < 1.29 is 14.4 Å². The number of nitrogens with zero attached hydrogens (tertiary/aromatic N) is 1. The summed E-state index contributed by atoms with van der Waals surface area (Å²) in [5, 5.41) is 3.63. The number of thiophene rings is 1. The molecule has 2 amide bonds. The van der Waals surface area contributed by atoms with E-state index in [1.54, 1.807) is 35.2 Å². The summed E-state index contributed by atoms with van der Waals surface area (Å²) < 4.78 is 0. The van der Waals surface area contributed by atoms with Crippen LogP contribution in [0.15, 0.2) is 48.5 Å². The molecule has 0 saturated carbocycles. The maximum atomic E-state index is 13.3. The number of carbonyl (C=O) groups is 3. The summed E-state index contributed by atoms with van der Waals surface area (Å²) >= 11 is 1.50. The van der Waals surface area contributed by atoms with Gasteiger partial charge in [0.25, 0.3) is 11.8 Å². The van der Waals surface area contributed by atoms with Gasteiger partial charge >= 0.3 is 0 Å². The van der Waals surface area contributed by atoms with E-state index in [2.05, 4.69) is 5.32 Å². The van der Waals surface area contributed by atoms with E-state index in [0.717, 1.165) is 21.0 Å².